The Kier molecular flexibility index (Phi) is 3.88. The largest absolute Gasteiger partial charge is 0.368 e. The number of nitrogens with two attached hydrogens (primary N) is 1. The molecule has 0 saturated carbocycles. The fraction of sp³-hybridized carbons (Fsp3) is 0.636. The molecule has 0 aliphatic rings. The van der Waals surface area contributed by atoms with Crippen LogP contribution in [0.15, 0.2) is 6.07 Å². The lowest BCUT2D eigenvalue weighted by Gasteiger charge is -2.25. The van der Waals surface area contributed by atoms with Gasteiger partial charge in [0.25, 0.3) is 0 Å². The molecule has 84 valence electrons. The standard InChI is InChI=1S/C11H20N4/c1-5-6-9(3)15(4)10-7-8(2)13-11(12)14-10/h7,9H,5-6H2,1-4H3,(H2,12,13,14). The number of rotatable bonds is 4. The van der Waals surface area contributed by atoms with Crippen LogP contribution in [0.5, 0.6) is 0 Å². The van der Waals surface area contributed by atoms with Gasteiger partial charge in [0, 0.05) is 24.8 Å². The first kappa shape index (κ1) is 11.8. The van der Waals surface area contributed by atoms with Crippen molar-refractivity contribution in [1.82, 2.24) is 9.97 Å². The predicted molar refractivity (Wildman–Crippen MR) is 64.0 cm³/mol. The van der Waals surface area contributed by atoms with Crippen LogP contribution in [0.4, 0.5) is 11.8 Å². The maximum Gasteiger partial charge on any atom is 0.222 e. The van der Waals surface area contributed by atoms with Crippen molar-refractivity contribution in [2.24, 2.45) is 0 Å². The Morgan fingerprint density at radius 1 is 1.47 bits per heavy atom. The maximum absolute atomic E-state index is 5.62. The molecule has 0 fully saturated rings. The highest BCUT2D eigenvalue weighted by atomic mass is 15.2. The summed E-state index contributed by atoms with van der Waals surface area (Å²) in [6.45, 7) is 6.31. The average Bonchev–Trinajstić information content (AvgIpc) is 2.15. The molecular formula is C11H20N4. The van der Waals surface area contributed by atoms with E-state index in [0.717, 1.165) is 17.9 Å². The van der Waals surface area contributed by atoms with E-state index in [9.17, 15) is 0 Å². The zero-order valence-corrected chi connectivity index (χ0v) is 9.99. The molecule has 1 unspecified atom stereocenters. The highest BCUT2D eigenvalue weighted by Gasteiger charge is 2.11. The van der Waals surface area contributed by atoms with Crippen molar-refractivity contribution in [2.45, 2.75) is 39.7 Å². The lowest BCUT2D eigenvalue weighted by Crippen LogP contribution is -2.29. The van der Waals surface area contributed by atoms with Crippen LogP contribution in [-0.4, -0.2) is 23.1 Å². The van der Waals surface area contributed by atoms with E-state index in [1.807, 2.05) is 20.0 Å². The summed E-state index contributed by atoms with van der Waals surface area (Å²) in [5.41, 5.74) is 6.53. The van der Waals surface area contributed by atoms with Crippen LogP contribution < -0.4 is 10.6 Å². The summed E-state index contributed by atoms with van der Waals surface area (Å²) in [4.78, 5) is 10.4. The molecule has 0 aliphatic carbocycles. The third-order valence-electron chi connectivity index (χ3n) is 2.59. The van der Waals surface area contributed by atoms with E-state index in [-0.39, 0.29) is 0 Å². The van der Waals surface area contributed by atoms with Crippen LogP contribution in [0.1, 0.15) is 32.4 Å². The zero-order valence-electron chi connectivity index (χ0n) is 9.99. The van der Waals surface area contributed by atoms with E-state index in [1.54, 1.807) is 0 Å². The average molecular weight is 208 g/mol. The minimum Gasteiger partial charge on any atom is -0.368 e. The maximum atomic E-state index is 5.62. The van der Waals surface area contributed by atoms with Crippen molar-refractivity contribution >= 4 is 11.8 Å². The Labute approximate surface area is 91.5 Å². The van der Waals surface area contributed by atoms with Crippen LogP contribution in [0.3, 0.4) is 0 Å². The molecule has 1 aromatic rings. The van der Waals surface area contributed by atoms with Gasteiger partial charge in [0.05, 0.1) is 0 Å². The monoisotopic (exact) mass is 208 g/mol. The van der Waals surface area contributed by atoms with Gasteiger partial charge in [0.2, 0.25) is 5.95 Å². The Morgan fingerprint density at radius 3 is 2.67 bits per heavy atom. The Balaban J connectivity index is 2.85. The molecule has 1 aromatic heterocycles. The minimum atomic E-state index is 0.348. The zero-order chi connectivity index (χ0) is 11.4. The van der Waals surface area contributed by atoms with Crippen molar-refractivity contribution in [3.63, 3.8) is 0 Å². The van der Waals surface area contributed by atoms with Gasteiger partial charge in [-0.15, -0.1) is 0 Å². The van der Waals surface area contributed by atoms with Crippen LogP contribution >= 0.6 is 0 Å². The van der Waals surface area contributed by atoms with Crippen molar-refractivity contribution in [3.8, 4) is 0 Å². The summed E-state index contributed by atoms with van der Waals surface area (Å²) < 4.78 is 0. The molecule has 0 aliphatic heterocycles. The first-order chi connectivity index (χ1) is 7.04. The first-order valence-corrected chi connectivity index (χ1v) is 5.38. The Hall–Kier alpha value is -1.32. The Morgan fingerprint density at radius 2 is 2.13 bits per heavy atom. The molecule has 0 amide bonds. The van der Waals surface area contributed by atoms with E-state index >= 15 is 0 Å². The molecule has 2 N–H and O–H groups in total. The van der Waals surface area contributed by atoms with Crippen LogP contribution in [0.2, 0.25) is 0 Å². The molecule has 0 spiro atoms. The Bertz CT molecular complexity index is 304. The third-order valence-corrected chi connectivity index (χ3v) is 2.59. The number of nitrogen functional groups attached to an aromatic ring is 1. The number of nitrogens with zero attached hydrogens (tertiary/aromatic N) is 3. The summed E-state index contributed by atoms with van der Waals surface area (Å²) >= 11 is 0. The number of aromatic nitrogens is 2. The highest BCUT2D eigenvalue weighted by Crippen LogP contribution is 2.16. The molecule has 0 saturated heterocycles. The van der Waals surface area contributed by atoms with E-state index in [4.69, 9.17) is 5.73 Å². The second-order valence-corrected chi connectivity index (χ2v) is 3.97. The fourth-order valence-corrected chi connectivity index (χ4v) is 1.59. The molecule has 0 aromatic carbocycles. The molecule has 1 atom stereocenters. The number of aryl methyl sites for hydroxylation is 1. The van der Waals surface area contributed by atoms with Crippen molar-refractivity contribution in [3.05, 3.63) is 11.8 Å². The van der Waals surface area contributed by atoms with Crippen LogP contribution in [0.25, 0.3) is 0 Å². The predicted octanol–water partition coefficient (Wildman–Crippen LogP) is 1.99. The van der Waals surface area contributed by atoms with Gasteiger partial charge >= 0.3 is 0 Å². The number of anilines is 2. The van der Waals surface area contributed by atoms with Gasteiger partial charge in [0.1, 0.15) is 5.82 Å². The second kappa shape index (κ2) is 4.96. The quantitative estimate of drug-likeness (QED) is 0.822. The van der Waals surface area contributed by atoms with Crippen LogP contribution in [0, 0.1) is 6.92 Å². The van der Waals surface area contributed by atoms with Crippen molar-refractivity contribution in [1.29, 1.82) is 0 Å². The van der Waals surface area contributed by atoms with Gasteiger partial charge in [-0.25, -0.2) is 4.98 Å². The van der Waals surface area contributed by atoms with E-state index < -0.39 is 0 Å². The molecule has 4 heteroatoms. The topological polar surface area (TPSA) is 55.0 Å². The first-order valence-electron chi connectivity index (χ1n) is 5.38. The molecule has 0 radical (unpaired) electrons. The molecule has 4 nitrogen and oxygen atoms in total. The van der Waals surface area contributed by atoms with Crippen LogP contribution in [-0.2, 0) is 0 Å². The van der Waals surface area contributed by atoms with Gasteiger partial charge in [-0.1, -0.05) is 13.3 Å². The molecule has 0 bridgehead atoms. The molecule has 1 rings (SSSR count). The second-order valence-electron chi connectivity index (χ2n) is 3.97. The molecule has 15 heavy (non-hydrogen) atoms. The van der Waals surface area contributed by atoms with Gasteiger partial charge in [0.15, 0.2) is 0 Å². The van der Waals surface area contributed by atoms with Gasteiger partial charge in [-0.05, 0) is 20.3 Å². The van der Waals surface area contributed by atoms with E-state index in [1.165, 1.54) is 6.42 Å². The SMILES string of the molecule is CCCC(C)N(C)c1cc(C)nc(N)n1. The highest BCUT2D eigenvalue weighted by molar-refractivity contribution is 5.43. The van der Waals surface area contributed by atoms with E-state index in [2.05, 4.69) is 28.7 Å². The lowest BCUT2D eigenvalue weighted by molar-refractivity contribution is 0.611. The van der Waals surface area contributed by atoms with Gasteiger partial charge < -0.3 is 10.6 Å². The number of hydrogen-bond acceptors (Lipinski definition) is 4. The van der Waals surface area contributed by atoms with E-state index in [0.29, 0.717) is 12.0 Å². The van der Waals surface area contributed by atoms with Crippen molar-refractivity contribution < 1.29 is 0 Å². The number of hydrogen-bond donors (Lipinski definition) is 1. The minimum absolute atomic E-state index is 0.348. The van der Waals surface area contributed by atoms with Gasteiger partial charge in [-0.2, -0.15) is 4.98 Å². The molecular weight excluding hydrogens is 188 g/mol. The fourth-order valence-electron chi connectivity index (χ4n) is 1.59. The summed E-state index contributed by atoms with van der Waals surface area (Å²) in [5.74, 6) is 1.25. The van der Waals surface area contributed by atoms with Gasteiger partial charge in [-0.3, -0.25) is 0 Å². The summed E-state index contributed by atoms with van der Waals surface area (Å²) in [5, 5.41) is 0. The smallest absolute Gasteiger partial charge is 0.222 e. The summed E-state index contributed by atoms with van der Waals surface area (Å²) in [6, 6.07) is 2.44. The summed E-state index contributed by atoms with van der Waals surface area (Å²) in [7, 11) is 2.04. The molecule has 1 heterocycles. The summed E-state index contributed by atoms with van der Waals surface area (Å²) in [6.07, 6.45) is 2.32. The van der Waals surface area contributed by atoms with Crippen molar-refractivity contribution in [2.75, 3.05) is 17.7 Å². The lowest BCUT2D eigenvalue weighted by atomic mass is 10.2. The third kappa shape index (κ3) is 3.08. The normalized spacial score (nSPS) is 12.5.